The van der Waals surface area contributed by atoms with Gasteiger partial charge in [-0.15, -0.1) is 0 Å². The van der Waals surface area contributed by atoms with Crippen molar-refractivity contribution in [1.82, 2.24) is 0 Å². The number of rotatable bonds is 18. The number of phosphoric ester groups is 1. The van der Waals surface area contributed by atoms with Crippen molar-refractivity contribution in [2.75, 3.05) is 40.9 Å². The average molecular weight is 491 g/mol. The van der Waals surface area contributed by atoms with E-state index in [2.05, 4.69) is 0 Å². The quantitative estimate of drug-likeness (QED) is 0.102. The van der Waals surface area contributed by atoms with E-state index in [-0.39, 0.29) is 25.3 Å². The van der Waals surface area contributed by atoms with Gasteiger partial charge < -0.3 is 19.2 Å². The van der Waals surface area contributed by atoms with E-state index in [0.29, 0.717) is 23.3 Å². The summed E-state index contributed by atoms with van der Waals surface area (Å²) in [5.41, 5.74) is -0.00155. The maximum absolute atomic E-state index is 12.1. The van der Waals surface area contributed by atoms with Gasteiger partial charge in [-0.3, -0.25) is 24.0 Å². The molecule has 0 saturated heterocycles. The Kier molecular flexibility index (Phi) is 12.5. The van der Waals surface area contributed by atoms with Crippen LogP contribution in [-0.4, -0.2) is 72.4 Å². The fraction of sp³-hybridized carbons (Fsp3) is 0.667. The van der Waals surface area contributed by atoms with Crippen molar-refractivity contribution < 1.29 is 42.6 Å². The number of unbranched alkanes of at least 4 members (excludes halogenated alkanes) is 5. The molecule has 188 valence electrons. The number of aliphatic carboxylic acids is 1. The zero-order valence-electron chi connectivity index (χ0n) is 19.6. The van der Waals surface area contributed by atoms with Gasteiger partial charge in [0.25, 0.3) is 5.69 Å². The Hall–Kier alpha value is -2.04. The topological polar surface area (TPSA) is 145 Å². The number of ether oxygens (including phenoxy) is 1. The maximum Gasteiger partial charge on any atom is 0.472 e. The number of likely N-dealkylation sites (N-methyl/N-ethyl adjacent to an activating group) is 1. The lowest BCUT2D eigenvalue weighted by Crippen LogP contribution is -2.42. The molecule has 0 amide bonds. The Balaban J connectivity index is 2.16. The van der Waals surface area contributed by atoms with Crippen LogP contribution in [0.4, 0.5) is 5.69 Å². The first-order valence-corrected chi connectivity index (χ1v) is 12.4. The zero-order chi connectivity index (χ0) is 24.9. The summed E-state index contributed by atoms with van der Waals surface area (Å²) < 4.78 is 28.1. The minimum Gasteiger partial charge on any atom is -0.493 e. The Morgan fingerprint density at radius 1 is 1.12 bits per heavy atom. The predicted octanol–water partition coefficient (Wildman–Crippen LogP) is 4.00. The number of non-ortho nitro benzene ring substituents is 1. The molecule has 0 aromatic heterocycles. The van der Waals surface area contributed by atoms with E-state index in [9.17, 15) is 24.4 Å². The molecular formula is C21H36N2O9P+. The average Bonchev–Trinajstić information content (AvgIpc) is 2.67. The highest BCUT2D eigenvalue weighted by Crippen LogP contribution is 2.45. The molecule has 1 unspecified atom stereocenters. The van der Waals surface area contributed by atoms with Gasteiger partial charge in [0.05, 0.1) is 51.8 Å². The lowest BCUT2D eigenvalue weighted by Gasteiger charge is -2.29. The van der Waals surface area contributed by atoms with E-state index in [1.165, 1.54) is 12.1 Å². The molecule has 11 nitrogen and oxygen atoms in total. The van der Waals surface area contributed by atoms with Gasteiger partial charge in [-0.05, 0) is 18.9 Å². The van der Waals surface area contributed by atoms with Crippen LogP contribution >= 0.6 is 7.82 Å². The number of benzene rings is 1. The summed E-state index contributed by atoms with van der Waals surface area (Å²) in [7, 11) is 1.17. The molecule has 0 aliphatic rings. The molecule has 0 heterocycles. The van der Waals surface area contributed by atoms with E-state index in [0.717, 1.165) is 32.1 Å². The second-order valence-electron chi connectivity index (χ2n) is 8.82. The number of nitro benzene ring substituents is 1. The molecule has 0 radical (unpaired) electrons. The number of carboxylic acids is 1. The highest BCUT2D eigenvalue weighted by atomic mass is 31.2. The molecule has 1 aromatic rings. The monoisotopic (exact) mass is 491 g/mol. The van der Waals surface area contributed by atoms with E-state index < -0.39 is 24.8 Å². The summed E-state index contributed by atoms with van der Waals surface area (Å²) in [5.74, 6) is -0.632. The summed E-state index contributed by atoms with van der Waals surface area (Å²) in [6, 6.07) is 6.08. The Labute approximate surface area is 194 Å². The van der Waals surface area contributed by atoms with Crippen molar-refractivity contribution in [3.63, 3.8) is 0 Å². The fourth-order valence-electron chi connectivity index (χ4n) is 3.13. The first-order valence-electron chi connectivity index (χ1n) is 10.9. The molecule has 2 atom stereocenters. The van der Waals surface area contributed by atoms with Crippen LogP contribution in [0.3, 0.4) is 0 Å². The van der Waals surface area contributed by atoms with Crippen LogP contribution in [0, 0.1) is 10.1 Å². The number of hydrogen-bond acceptors (Lipinski definition) is 7. The number of quaternary nitrogens is 1. The van der Waals surface area contributed by atoms with Gasteiger partial charge >= 0.3 is 13.8 Å². The number of carbonyl (C=O) groups is 1. The third-order valence-electron chi connectivity index (χ3n) is 4.53. The van der Waals surface area contributed by atoms with E-state index in [4.69, 9.17) is 18.9 Å². The van der Waals surface area contributed by atoms with Crippen LogP contribution in [0.5, 0.6) is 5.75 Å². The third kappa shape index (κ3) is 14.7. The van der Waals surface area contributed by atoms with Crippen molar-refractivity contribution in [3.8, 4) is 5.75 Å². The van der Waals surface area contributed by atoms with Crippen LogP contribution in [0.1, 0.15) is 44.9 Å². The molecule has 2 N–H and O–H groups in total. The Bertz CT molecular complexity index is 798. The van der Waals surface area contributed by atoms with Crippen LogP contribution in [-0.2, 0) is 18.4 Å². The molecule has 0 aliphatic carbocycles. The van der Waals surface area contributed by atoms with Crippen molar-refractivity contribution in [3.05, 3.63) is 34.4 Å². The normalized spacial score (nSPS) is 14.4. The van der Waals surface area contributed by atoms with Crippen LogP contribution in [0.2, 0.25) is 0 Å². The summed E-state index contributed by atoms with van der Waals surface area (Å²) in [6.45, 7) is 0.777. The largest absolute Gasteiger partial charge is 0.493 e. The van der Waals surface area contributed by atoms with Crippen LogP contribution < -0.4 is 4.74 Å². The van der Waals surface area contributed by atoms with Gasteiger partial charge in [-0.1, -0.05) is 31.7 Å². The molecule has 1 aromatic carbocycles. The first-order chi connectivity index (χ1) is 15.4. The summed E-state index contributed by atoms with van der Waals surface area (Å²) in [6.07, 6.45) is 3.70. The molecule has 0 fully saturated rings. The lowest BCUT2D eigenvalue weighted by atomic mass is 10.1. The van der Waals surface area contributed by atoms with E-state index in [1.54, 1.807) is 12.1 Å². The number of nitrogens with zero attached hydrogens (tertiary/aromatic N) is 2. The second kappa shape index (κ2) is 14.3. The maximum atomic E-state index is 12.1. The molecule has 12 heteroatoms. The number of hydrogen-bond donors (Lipinski definition) is 2. The van der Waals surface area contributed by atoms with Crippen molar-refractivity contribution in [2.45, 2.75) is 51.0 Å². The number of nitro groups is 1. The van der Waals surface area contributed by atoms with Gasteiger partial charge in [0, 0.05) is 6.07 Å². The van der Waals surface area contributed by atoms with Gasteiger partial charge in [-0.25, -0.2) is 4.57 Å². The van der Waals surface area contributed by atoms with Gasteiger partial charge in [0.2, 0.25) is 0 Å². The molecule has 0 bridgehead atoms. The van der Waals surface area contributed by atoms with Crippen molar-refractivity contribution >= 4 is 19.5 Å². The third-order valence-corrected chi connectivity index (χ3v) is 5.60. The molecule has 33 heavy (non-hydrogen) atoms. The number of phosphoric acid groups is 1. The van der Waals surface area contributed by atoms with Gasteiger partial charge in [0.15, 0.2) is 0 Å². The molecule has 1 rings (SSSR count). The van der Waals surface area contributed by atoms with Gasteiger partial charge in [0.1, 0.15) is 18.4 Å². The standard InChI is InChI=1S/C21H35N2O9P/c1-23(2,3)17-20(16-21(24)25)32-33(28,29)31-14-9-7-5-4-6-8-13-30-19-12-10-11-18(15-19)22(26)27/h10-12,15,20H,4-9,13-14,16-17H2,1-3H3,(H-,24,25,28,29)/p+1/t20-/m1/s1. The Morgan fingerprint density at radius 3 is 2.30 bits per heavy atom. The summed E-state index contributed by atoms with van der Waals surface area (Å²) in [5, 5.41) is 19.7. The van der Waals surface area contributed by atoms with E-state index >= 15 is 0 Å². The highest BCUT2D eigenvalue weighted by Gasteiger charge is 2.31. The first kappa shape index (κ1) is 29.0. The van der Waals surface area contributed by atoms with Crippen LogP contribution in [0.15, 0.2) is 24.3 Å². The van der Waals surface area contributed by atoms with Crippen LogP contribution in [0.25, 0.3) is 0 Å². The second-order valence-corrected chi connectivity index (χ2v) is 10.2. The zero-order valence-corrected chi connectivity index (χ0v) is 20.4. The molecule has 0 saturated carbocycles. The number of carboxylic acid groups (broad SMARTS) is 1. The molecular weight excluding hydrogens is 455 g/mol. The minimum atomic E-state index is -4.33. The minimum absolute atomic E-state index is 0.00155. The SMILES string of the molecule is C[N+](C)(C)C[C@@H](CC(=O)O)OP(=O)(O)OCCCCCCCCOc1cccc([N+](=O)[O-])c1. The highest BCUT2D eigenvalue weighted by molar-refractivity contribution is 7.47. The summed E-state index contributed by atoms with van der Waals surface area (Å²) in [4.78, 5) is 31.2. The predicted molar refractivity (Wildman–Crippen MR) is 122 cm³/mol. The van der Waals surface area contributed by atoms with Crippen molar-refractivity contribution in [1.29, 1.82) is 0 Å². The van der Waals surface area contributed by atoms with Crippen molar-refractivity contribution in [2.24, 2.45) is 0 Å². The van der Waals surface area contributed by atoms with Gasteiger partial charge in [-0.2, -0.15) is 0 Å². The smallest absolute Gasteiger partial charge is 0.472 e. The summed E-state index contributed by atoms with van der Waals surface area (Å²) >= 11 is 0. The Morgan fingerprint density at radius 2 is 1.73 bits per heavy atom. The molecule has 0 spiro atoms. The fourth-order valence-corrected chi connectivity index (χ4v) is 4.07. The molecule has 0 aliphatic heterocycles. The lowest BCUT2D eigenvalue weighted by molar-refractivity contribution is -0.873. The van der Waals surface area contributed by atoms with E-state index in [1.807, 2.05) is 21.1 Å².